The number of carbonyl (C=O) groups is 2. The zero-order chi connectivity index (χ0) is 18.8. The van der Waals surface area contributed by atoms with Crippen LogP contribution in [-0.2, 0) is 0 Å². The van der Waals surface area contributed by atoms with Gasteiger partial charge in [-0.1, -0.05) is 41.6 Å². The van der Waals surface area contributed by atoms with Crippen LogP contribution in [-0.4, -0.2) is 22.0 Å². The average molecular weight is 358 g/mol. The number of carbonyl (C=O) groups excluding carboxylic acids is 2. The van der Waals surface area contributed by atoms with Crippen molar-refractivity contribution in [2.75, 3.05) is 5.32 Å². The number of amides is 2. The predicted octanol–water partition coefficient (Wildman–Crippen LogP) is 3.24. The Kier molecular flexibility index (Phi) is 4.10. The molecule has 7 nitrogen and oxygen atoms in total. The van der Waals surface area contributed by atoms with Crippen LogP contribution in [0.15, 0.2) is 71.5 Å². The lowest BCUT2D eigenvalue weighted by molar-refractivity contribution is 0.100. The molecule has 4 rings (SSSR count). The molecule has 0 saturated carbocycles. The van der Waals surface area contributed by atoms with Crippen molar-refractivity contribution in [2.45, 2.75) is 0 Å². The minimum atomic E-state index is -0.761. The van der Waals surface area contributed by atoms with Crippen molar-refractivity contribution in [1.82, 2.24) is 10.1 Å². The Morgan fingerprint density at radius 1 is 1.00 bits per heavy atom. The maximum atomic E-state index is 12.8. The van der Waals surface area contributed by atoms with Crippen LogP contribution in [0.1, 0.15) is 20.7 Å². The minimum absolute atomic E-state index is 0.00316. The molecular formula is C20H14N4O3. The Morgan fingerprint density at radius 3 is 2.59 bits per heavy atom. The Bertz CT molecular complexity index is 1150. The number of nitrogens with one attached hydrogen (secondary N) is 1. The maximum Gasteiger partial charge on any atom is 0.258 e. The molecule has 3 N–H and O–H groups in total. The summed E-state index contributed by atoms with van der Waals surface area (Å²) in [6, 6.07) is 16.3. The number of rotatable bonds is 4. The molecule has 0 unspecified atom stereocenters. The lowest BCUT2D eigenvalue weighted by Crippen LogP contribution is -2.17. The van der Waals surface area contributed by atoms with E-state index in [1.165, 1.54) is 6.20 Å². The first-order valence-corrected chi connectivity index (χ1v) is 8.14. The Morgan fingerprint density at radius 2 is 1.81 bits per heavy atom. The van der Waals surface area contributed by atoms with E-state index >= 15 is 0 Å². The summed E-state index contributed by atoms with van der Waals surface area (Å²) in [5, 5.41) is 8.19. The zero-order valence-corrected chi connectivity index (χ0v) is 14.0. The molecule has 0 fully saturated rings. The van der Waals surface area contributed by atoms with Crippen LogP contribution >= 0.6 is 0 Å². The summed E-state index contributed by atoms with van der Waals surface area (Å²) in [4.78, 5) is 28.7. The van der Waals surface area contributed by atoms with E-state index in [0.29, 0.717) is 11.1 Å². The fourth-order valence-corrected chi connectivity index (χ4v) is 2.90. The molecule has 2 aromatic heterocycles. The van der Waals surface area contributed by atoms with E-state index < -0.39 is 11.8 Å². The minimum Gasteiger partial charge on any atom is -0.365 e. The van der Waals surface area contributed by atoms with E-state index in [4.69, 9.17) is 10.3 Å². The van der Waals surface area contributed by atoms with Crippen LogP contribution in [0.2, 0.25) is 0 Å². The van der Waals surface area contributed by atoms with Gasteiger partial charge in [-0.05, 0) is 29.0 Å². The van der Waals surface area contributed by atoms with Crippen LogP contribution < -0.4 is 11.1 Å². The van der Waals surface area contributed by atoms with Crippen molar-refractivity contribution >= 4 is 28.5 Å². The van der Waals surface area contributed by atoms with Crippen LogP contribution in [0.25, 0.3) is 22.0 Å². The van der Waals surface area contributed by atoms with E-state index in [0.717, 1.165) is 10.8 Å². The van der Waals surface area contributed by atoms with Gasteiger partial charge in [0.25, 0.3) is 11.8 Å². The van der Waals surface area contributed by atoms with E-state index in [1.54, 1.807) is 30.5 Å². The van der Waals surface area contributed by atoms with Gasteiger partial charge in [0.15, 0.2) is 0 Å². The third-order valence-electron chi connectivity index (χ3n) is 4.13. The standard InChI is InChI=1S/C20H14N4O3/c21-18(25)16-17(13-7-4-10-22-11-13)24-27-20(16)23-19(26)15-9-3-6-12-5-1-2-8-14(12)15/h1-11H,(H2,21,25)(H,23,26). The Hall–Kier alpha value is -4.00. The van der Waals surface area contributed by atoms with Gasteiger partial charge in [-0.3, -0.25) is 19.9 Å². The summed E-state index contributed by atoms with van der Waals surface area (Å²) in [7, 11) is 0. The quantitative estimate of drug-likeness (QED) is 0.582. The second kappa shape index (κ2) is 6.72. The molecule has 7 heteroatoms. The molecule has 2 aromatic carbocycles. The molecule has 0 aliphatic rings. The van der Waals surface area contributed by atoms with Crippen molar-refractivity contribution in [2.24, 2.45) is 5.73 Å². The zero-order valence-electron chi connectivity index (χ0n) is 14.0. The molecule has 2 heterocycles. The molecule has 0 atom stereocenters. The number of benzene rings is 2. The van der Waals surface area contributed by atoms with Crippen molar-refractivity contribution in [1.29, 1.82) is 0 Å². The van der Waals surface area contributed by atoms with Crippen molar-refractivity contribution < 1.29 is 14.1 Å². The fraction of sp³-hybridized carbons (Fsp3) is 0. The summed E-state index contributed by atoms with van der Waals surface area (Å²) >= 11 is 0. The SMILES string of the molecule is NC(=O)c1c(-c2cccnc2)noc1NC(=O)c1cccc2ccccc12. The van der Waals surface area contributed by atoms with Crippen molar-refractivity contribution in [3.8, 4) is 11.3 Å². The van der Waals surface area contributed by atoms with Gasteiger partial charge in [0.1, 0.15) is 11.3 Å². The highest BCUT2D eigenvalue weighted by molar-refractivity contribution is 6.14. The molecule has 2 amide bonds. The molecule has 132 valence electrons. The topological polar surface area (TPSA) is 111 Å². The highest BCUT2D eigenvalue weighted by Gasteiger charge is 2.24. The van der Waals surface area contributed by atoms with Gasteiger partial charge < -0.3 is 10.3 Å². The number of hydrogen-bond donors (Lipinski definition) is 2. The van der Waals surface area contributed by atoms with Gasteiger partial charge >= 0.3 is 0 Å². The van der Waals surface area contributed by atoms with Gasteiger partial charge in [-0.25, -0.2) is 0 Å². The molecular weight excluding hydrogens is 344 g/mol. The number of hydrogen-bond acceptors (Lipinski definition) is 5. The Balaban J connectivity index is 1.73. The van der Waals surface area contributed by atoms with Gasteiger partial charge in [0.05, 0.1) is 0 Å². The normalized spacial score (nSPS) is 10.7. The van der Waals surface area contributed by atoms with E-state index in [1.807, 2.05) is 30.3 Å². The van der Waals surface area contributed by atoms with E-state index in [2.05, 4.69) is 15.5 Å². The maximum absolute atomic E-state index is 12.8. The molecule has 0 radical (unpaired) electrons. The number of aromatic nitrogens is 2. The van der Waals surface area contributed by atoms with Crippen LogP contribution in [0.4, 0.5) is 5.88 Å². The first kappa shape index (κ1) is 16.5. The molecule has 0 aliphatic carbocycles. The Labute approximate surface area is 153 Å². The fourth-order valence-electron chi connectivity index (χ4n) is 2.90. The third kappa shape index (κ3) is 3.02. The summed E-state index contributed by atoms with van der Waals surface area (Å²) < 4.78 is 5.21. The molecule has 0 spiro atoms. The summed E-state index contributed by atoms with van der Waals surface area (Å²) in [6.07, 6.45) is 3.12. The van der Waals surface area contributed by atoms with Crippen LogP contribution in [0.3, 0.4) is 0 Å². The molecule has 0 aliphatic heterocycles. The average Bonchev–Trinajstić information content (AvgIpc) is 3.12. The number of nitrogens with zero attached hydrogens (tertiary/aromatic N) is 2. The number of nitrogens with two attached hydrogens (primary N) is 1. The second-order valence-electron chi connectivity index (χ2n) is 5.82. The number of fused-ring (bicyclic) bond motifs is 1. The number of pyridine rings is 1. The molecule has 27 heavy (non-hydrogen) atoms. The van der Waals surface area contributed by atoms with Crippen LogP contribution in [0.5, 0.6) is 0 Å². The third-order valence-corrected chi connectivity index (χ3v) is 4.13. The van der Waals surface area contributed by atoms with E-state index in [9.17, 15) is 9.59 Å². The van der Waals surface area contributed by atoms with Gasteiger partial charge in [-0.15, -0.1) is 0 Å². The number of primary amides is 1. The monoisotopic (exact) mass is 358 g/mol. The van der Waals surface area contributed by atoms with Crippen molar-refractivity contribution in [3.63, 3.8) is 0 Å². The van der Waals surface area contributed by atoms with E-state index in [-0.39, 0.29) is 17.1 Å². The highest BCUT2D eigenvalue weighted by Crippen LogP contribution is 2.29. The summed E-state index contributed by atoms with van der Waals surface area (Å²) in [5.74, 6) is -1.29. The van der Waals surface area contributed by atoms with Gasteiger partial charge in [0, 0.05) is 23.5 Å². The lowest BCUT2D eigenvalue weighted by Gasteiger charge is -2.06. The largest absolute Gasteiger partial charge is 0.365 e. The first-order valence-electron chi connectivity index (χ1n) is 8.14. The second-order valence-corrected chi connectivity index (χ2v) is 5.82. The molecule has 4 aromatic rings. The summed E-state index contributed by atoms with van der Waals surface area (Å²) in [6.45, 7) is 0. The summed E-state index contributed by atoms with van der Waals surface area (Å²) in [5.41, 5.74) is 6.72. The number of anilines is 1. The van der Waals surface area contributed by atoms with Gasteiger partial charge in [-0.2, -0.15) is 0 Å². The molecule has 0 bridgehead atoms. The smallest absolute Gasteiger partial charge is 0.258 e. The lowest BCUT2D eigenvalue weighted by atomic mass is 10.0. The highest BCUT2D eigenvalue weighted by atomic mass is 16.5. The molecule has 0 saturated heterocycles. The van der Waals surface area contributed by atoms with Crippen molar-refractivity contribution in [3.05, 3.63) is 78.1 Å². The predicted molar refractivity (Wildman–Crippen MR) is 100 cm³/mol. The van der Waals surface area contributed by atoms with Crippen LogP contribution in [0, 0.1) is 0 Å². The first-order chi connectivity index (χ1) is 13.1. The van der Waals surface area contributed by atoms with Gasteiger partial charge in [0.2, 0.25) is 5.88 Å².